The molecule has 0 unspecified atom stereocenters. The number of benzene rings is 4. The molecule has 0 atom stereocenters. The van der Waals surface area contributed by atoms with Crippen molar-refractivity contribution in [3.8, 4) is 28.7 Å². The van der Waals surface area contributed by atoms with Crippen LogP contribution in [-0.4, -0.2) is 6.61 Å². The van der Waals surface area contributed by atoms with E-state index < -0.39 is 29.1 Å². The first-order valence-electron chi connectivity index (χ1n) is 9.68. The molecule has 6 heteroatoms. The third-order valence-corrected chi connectivity index (χ3v) is 4.81. The highest BCUT2D eigenvalue weighted by atomic mass is 19.2. The number of halogens is 5. The molecule has 0 heterocycles. The monoisotopic (exact) mass is 438 g/mol. The van der Waals surface area contributed by atoms with Crippen LogP contribution in [-0.2, 0) is 0 Å². The second-order valence-corrected chi connectivity index (χ2v) is 6.97. The third-order valence-electron chi connectivity index (χ3n) is 4.81. The highest BCUT2D eigenvalue weighted by Crippen LogP contribution is 2.31. The fraction of sp³-hybridized carbons (Fsp3) is 0.0769. The molecule has 0 radical (unpaired) electrons. The maximum Gasteiger partial charge on any atom is 0.159 e. The lowest BCUT2D eigenvalue weighted by molar-refractivity contribution is 0.336. The van der Waals surface area contributed by atoms with Gasteiger partial charge in [-0.05, 0) is 59.7 Å². The molecule has 4 rings (SSSR count). The van der Waals surface area contributed by atoms with E-state index in [1.54, 1.807) is 25.1 Å². The molecule has 0 spiro atoms. The van der Waals surface area contributed by atoms with E-state index in [9.17, 15) is 22.0 Å². The van der Waals surface area contributed by atoms with Crippen molar-refractivity contribution in [3.05, 3.63) is 101 Å². The minimum absolute atomic E-state index is 0.0193. The third kappa shape index (κ3) is 4.28. The van der Waals surface area contributed by atoms with E-state index in [0.29, 0.717) is 16.3 Å². The predicted octanol–water partition coefficient (Wildman–Crippen LogP) is 7.00. The summed E-state index contributed by atoms with van der Waals surface area (Å²) >= 11 is 0. The zero-order valence-electron chi connectivity index (χ0n) is 16.8. The molecule has 0 aliphatic heterocycles. The van der Waals surface area contributed by atoms with E-state index in [4.69, 9.17) is 4.74 Å². The van der Waals surface area contributed by atoms with Crippen molar-refractivity contribution in [2.45, 2.75) is 6.92 Å². The maximum absolute atomic E-state index is 14.6. The Kier molecular flexibility index (Phi) is 5.83. The minimum Gasteiger partial charge on any atom is -0.494 e. The highest BCUT2D eigenvalue weighted by molar-refractivity contribution is 5.84. The number of fused-ring (bicyclic) bond motifs is 1. The van der Waals surface area contributed by atoms with Crippen molar-refractivity contribution in [1.82, 2.24) is 0 Å². The number of hydrogen-bond acceptors (Lipinski definition) is 1. The summed E-state index contributed by atoms with van der Waals surface area (Å²) in [6.45, 7) is 1.94. The second-order valence-electron chi connectivity index (χ2n) is 6.97. The molecule has 0 bridgehead atoms. The summed E-state index contributed by atoms with van der Waals surface area (Å²) in [4.78, 5) is 0. The highest BCUT2D eigenvalue weighted by Gasteiger charge is 2.15. The number of rotatable bonds is 3. The van der Waals surface area contributed by atoms with Gasteiger partial charge in [0.1, 0.15) is 23.2 Å². The normalized spacial score (nSPS) is 10.7. The smallest absolute Gasteiger partial charge is 0.159 e. The molecule has 0 aliphatic rings. The Balaban J connectivity index is 1.65. The SMILES string of the molecule is CCOc1cc(F)c(-c2ccc(C#Cc3ccc4cc(F)c(F)cc4c3)c(F)c2)c(F)c1. The Labute approximate surface area is 181 Å². The molecule has 0 aliphatic carbocycles. The Morgan fingerprint density at radius 1 is 0.656 bits per heavy atom. The number of hydrogen-bond donors (Lipinski definition) is 0. The minimum atomic E-state index is -0.974. The summed E-state index contributed by atoms with van der Waals surface area (Å²) in [6.07, 6.45) is 0. The van der Waals surface area contributed by atoms with Crippen LogP contribution in [0.4, 0.5) is 22.0 Å². The molecule has 4 aromatic rings. The molecule has 0 saturated carbocycles. The Morgan fingerprint density at radius 3 is 2.00 bits per heavy atom. The van der Waals surface area contributed by atoms with E-state index in [1.807, 2.05) is 0 Å². The molecular formula is C26H15F5O. The summed E-state index contributed by atoms with van der Waals surface area (Å²) in [7, 11) is 0. The van der Waals surface area contributed by atoms with Gasteiger partial charge in [-0.2, -0.15) is 0 Å². The van der Waals surface area contributed by atoms with Crippen molar-refractivity contribution in [1.29, 1.82) is 0 Å². The molecule has 0 amide bonds. The first-order chi connectivity index (χ1) is 15.4. The first kappa shape index (κ1) is 21.4. The van der Waals surface area contributed by atoms with Gasteiger partial charge in [0.15, 0.2) is 11.6 Å². The molecule has 0 saturated heterocycles. The van der Waals surface area contributed by atoms with Gasteiger partial charge in [-0.15, -0.1) is 0 Å². The molecule has 1 nitrogen and oxygen atoms in total. The van der Waals surface area contributed by atoms with Crippen molar-refractivity contribution in [2.24, 2.45) is 0 Å². The van der Waals surface area contributed by atoms with Crippen LogP contribution in [0.25, 0.3) is 21.9 Å². The van der Waals surface area contributed by atoms with Crippen LogP contribution in [0.15, 0.2) is 60.7 Å². The molecule has 0 fully saturated rings. The lowest BCUT2D eigenvalue weighted by atomic mass is 10.0. The quantitative estimate of drug-likeness (QED) is 0.247. The zero-order valence-corrected chi connectivity index (χ0v) is 16.8. The van der Waals surface area contributed by atoms with Gasteiger partial charge in [0, 0.05) is 17.7 Å². The van der Waals surface area contributed by atoms with E-state index in [-0.39, 0.29) is 29.0 Å². The van der Waals surface area contributed by atoms with E-state index in [1.165, 1.54) is 12.1 Å². The summed E-state index contributed by atoms with van der Waals surface area (Å²) in [5.74, 6) is 1.05. The van der Waals surface area contributed by atoms with Crippen LogP contribution < -0.4 is 4.74 Å². The molecule has 4 aromatic carbocycles. The average Bonchev–Trinajstić information content (AvgIpc) is 2.74. The van der Waals surface area contributed by atoms with Crippen LogP contribution in [0.3, 0.4) is 0 Å². The van der Waals surface area contributed by atoms with Crippen molar-refractivity contribution < 1.29 is 26.7 Å². The maximum atomic E-state index is 14.6. The van der Waals surface area contributed by atoms with Crippen molar-refractivity contribution in [3.63, 3.8) is 0 Å². The Bertz CT molecular complexity index is 1380. The molecule has 160 valence electrons. The fourth-order valence-electron chi connectivity index (χ4n) is 3.31. The van der Waals surface area contributed by atoms with Crippen LogP contribution in [0.2, 0.25) is 0 Å². The van der Waals surface area contributed by atoms with Gasteiger partial charge in [-0.3, -0.25) is 0 Å². The first-order valence-corrected chi connectivity index (χ1v) is 9.68. The van der Waals surface area contributed by atoms with Crippen LogP contribution >= 0.6 is 0 Å². The topological polar surface area (TPSA) is 9.23 Å². The lowest BCUT2D eigenvalue weighted by Crippen LogP contribution is -1.97. The Morgan fingerprint density at radius 2 is 1.34 bits per heavy atom. The van der Waals surface area contributed by atoms with Crippen LogP contribution in [0.1, 0.15) is 18.1 Å². The largest absolute Gasteiger partial charge is 0.494 e. The van der Waals surface area contributed by atoms with Crippen molar-refractivity contribution in [2.75, 3.05) is 6.61 Å². The van der Waals surface area contributed by atoms with Gasteiger partial charge in [0.05, 0.1) is 17.7 Å². The van der Waals surface area contributed by atoms with Gasteiger partial charge in [-0.1, -0.05) is 24.0 Å². The fourth-order valence-corrected chi connectivity index (χ4v) is 3.31. The molecule has 0 aromatic heterocycles. The summed E-state index contributed by atoms with van der Waals surface area (Å²) in [5, 5.41) is 0.956. The van der Waals surface area contributed by atoms with Gasteiger partial charge < -0.3 is 4.74 Å². The molecule has 0 N–H and O–H groups in total. The summed E-state index contributed by atoms with van der Waals surface area (Å²) in [6, 6.07) is 12.7. The van der Waals surface area contributed by atoms with Crippen molar-refractivity contribution >= 4 is 10.8 Å². The molecular weight excluding hydrogens is 423 g/mol. The van der Waals surface area contributed by atoms with Gasteiger partial charge in [-0.25, -0.2) is 22.0 Å². The van der Waals surface area contributed by atoms with Crippen LogP contribution in [0, 0.1) is 40.9 Å². The van der Waals surface area contributed by atoms with E-state index >= 15 is 0 Å². The van der Waals surface area contributed by atoms with Gasteiger partial charge >= 0.3 is 0 Å². The average molecular weight is 438 g/mol. The van der Waals surface area contributed by atoms with Crippen LogP contribution in [0.5, 0.6) is 5.75 Å². The lowest BCUT2D eigenvalue weighted by Gasteiger charge is -2.09. The summed E-state index contributed by atoms with van der Waals surface area (Å²) < 4.78 is 75.2. The molecule has 32 heavy (non-hydrogen) atoms. The Hall–Kier alpha value is -3.85. The summed E-state index contributed by atoms with van der Waals surface area (Å²) in [5.41, 5.74) is 0.145. The van der Waals surface area contributed by atoms with Gasteiger partial charge in [0.25, 0.3) is 0 Å². The second kappa shape index (κ2) is 8.72. The van der Waals surface area contributed by atoms with E-state index in [0.717, 1.165) is 30.3 Å². The predicted molar refractivity (Wildman–Crippen MR) is 113 cm³/mol. The van der Waals surface area contributed by atoms with Gasteiger partial charge in [0.2, 0.25) is 0 Å². The van der Waals surface area contributed by atoms with E-state index in [2.05, 4.69) is 11.8 Å². The zero-order chi connectivity index (χ0) is 22.8. The standard InChI is InChI=1S/C26H15F5O/c1-2-32-20-13-24(30)26(25(31)14-20)18-8-7-16(21(27)11-18)5-3-15-4-6-17-10-22(28)23(29)12-19(17)9-15/h4,6-14H,2H2,1H3. The number of ether oxygens (including phenoxy) is 1.